The largest absolute Gasteiger partial charge is 0.417 e. The fourth-order valence-electron chi connectivity index (χ4n) is 2.63. The summed E-state index contributed by atoms with van der Waals surface area (Å²) in [6.45, 7) is 0. The van der Waals surface area contributed by atoms with Crippen LogP contribution in [0.5, 0.6) is 0 Å². The molecule has 0 radical (unpaired) electrons. The van der Waals surface area contributed by atoms with E-state index in [-0.39, 0.29) is 27.0 Å². The molecule has 3 aromatic rings. The van der Waals surface area contributed by atoms with E-state index >= 15 is 0 Å². The molecule has 2 aromatic carbocycles. The number of nitrogens with zero attached hydrogens (tertiary/aromatic N) is 1. The zero-order valence-electron chi connectivity index (χ0n) is 15.5. The minimum absolute atomic E-state index is 0.0299. The van der Waals surface area contributed by atoms with E-state index in [2.05, 4.69) is 4.98 Å². The lowest BCUT2D eigenvalue weighted by atomic mass is 10.1. The second-order valence-corrected chi connectivity index (χ2v) is 9.30. The van der Waals surface area contributed by atoms with Crippen molar-refractivity contribution < 1.29 is 26.4 Å². The van der Waals surface area contributed by atoms with Crippen molar-refractivity contribution in [2.45, 2.75) is 11.1 Å². The van der Waals surface area contributed by atoms with Crippen molar-refractivity contribution in [3.8, 4) is 0 Å². The van der Waals surface area contributed by atoms with Crippen LogP contribution in [0.4, 0.5) is 24.5 Å². The molecule has 1 heterocycles. The number of nitrogen functional groups attached to an aromatic ring is 1. The smallest absolute Gasteiger partial charge is 0.399 e. The van der Waals surface area contributed by atoms with Crippen LogP contribution in [-0.4, -0.2) is 19.2 Å². The van der Waals surface area contributed by atoms with Crippen LogP contribution in [0, 0.1) is 0 Å². The van der Waals surface area contributed by atoms with Crippen LogP contribution in [0.2, 0.25) is 15.1 Å². The van der Waals surface area contributed by atoms with E-state index in [4.69, 9.17) is 40.5 Å². The Bertz CT molecular complexity index is 1330. The van der Waals surface area contributed by atoms with E-state index in [1.807, 2.05) is 4.72 Å². The second-order valence-electron chi connectivity index (χ2n) is 6.36. The van der Waals surface area contributed by atoms with Crippen molar-refractivity contribution in [2.24, 2.45) is 0 Å². The first-order valence-corrected chi connectivity index (χ1v) is 11.1. The number of rotatable bonds is 5. The van der Waals surface area contributed by atoms with Crippen LogP contribution in [-0.2, 0) is 16.2 Å². The first kappa shape index (κ1) is 24.1. The molecule has 0 aliphatic rings. The Morgan fingerprint density at radius 1 is 1.00 bits per heavy atom. The van der Waals surface area contributed by atoms with Crippen LogP contribution in [0.1, 0.15) is 21.6 Å². The summed E-state index contributed by atoms with van der Waals surface area (Å²) in [4.78, 5) is 16.1. The summed E-state index contributed by atoms with van der Waals surface area (Å²) in [7, 11) is -4.60. The van der Waals surface area contributed by atoms with Gasteiger partial charge in [0.25, 0.3) is 10.0 Å². The number of sulfonamides is 1. The summed E-state index contributed by atoms with van der Waals surface area (Å²) in [5.41, 5.74) is 3.73. The lowest BCUT2D eigenvalue weighted by molar-refractivity contribution is -0.137. The van der Waals surface area contributed by atoms with Crippen molar-refractivity contribution in [3.05, 3.63) is 80.6 Å². The zero-order chi connectivity index (χ0) is 23.8. The van der Waals surface area contributed by atoms with Gasteiger partial charge in [0.1, 0.15) is 5.69 Å². The summed E-state index contributed by atoms with van der Waals surface area (Å²) >= 11 is 17.5. The number of aromatic nitrogens is 1. The zero-order valence-corrected chi connectivity index (χ0v) is 18.6. The minimum atomic E-state index is -4.88. The fraction of sp³-hybridized carbons (Fsp3) is 0.0526. The highest BCUT2D eigenvalue weighted by atomic mass is 35.5. The van der Waals surface area contributed by atoms with Gasteiger partial charge in [-0.1, -0.05) is 34.8 Å². The Hall–Kier alpha value is -2.53. The molecule has 0 saturated heterocycles. The van der Waals surface area contributed by atoms with Crippen LogP contribution >= 0.6 is 34.8 Å². The predicted molar refractivity (Wildman–Crippen MR) is 116 cm³/mol. The third-order valence-electron chi connectivity index (χ3n) is 4.10. The molecule has 0 spiro atoms. The number of nitrogens with one attached hydrogen (secondary N) is 1. The van der Waals surface area contributed by atoms with Crippen molar-refractivity contribution in [2.75, 3.05) is 10.5 Å². The molecule has 32 heavy (non-hydrogen) atoms. The first-order valence-electron chi connectivity index (χ1n) is 8.44. The van der Waals surface area contributed by atoms with Crippen LogP contribution in [0.3, 0.4) is 0 Å². The van der Waals surface area contributed by atoms with Gasteiger partial charge in [-0.2, -0.15) is 13.2 Å². The molecular formula is C19H11Cl3F3N3O3S. The SMILES string of the molecule is Nc1ccc(Cl)c(C(=O)c2ncc(Cl)cc2NS(=O)(=O)c2ccc(Cl)c(C(F)(F)F)c2)c1. The number of nitrogens with two attached hydrogens (primary N) is 1. The second kappa shape index (κ2) is 8.78. The molecular weight excluding hydrogens is 514 g/mol. The molecule has 13 heteroatoms. The maximum atomic E-state index is 13.1. The molecule has 0 amide bonds. The van der Waals surface area contributed by atoms with E-state index in [9.17, 15) is 26.4 Å². The van der Waals surface area contributed by atoms with Crippen molar-refractivity contribution in [1.82, 2.24) is 4.98 Å². The standard InChI is InChI=1S/C19H11Cl3F3N3O3S/c20-9-5-16(17(27-8-9)18(29)12-6-10(26)1-3-14(12)21)28-32(30,31)11-2-4-15(22)13(7-11)19(23,24)25/h1-8,28H,26H2. The molecule has 0 unspecified atom stereocenters. The highest BCUT2D eigenvalue weighted by molar-refractivity contribution is 7.92. The Labute approximate surface area is 195 Å². The van der Waals surface area contributed by atoms with Crippen molar-refractivity contribution >= 4 is 62.0 Å². The van der Waals surface area contributed by atoms with Gasteiger partial charge in [-0.15, -0.1) is 0 Å². The van der Waals surface area contributed by atoms with E-state index < -0.39 is 43.2 Å². The van der Waals surface area contributed by atoms with Gasteiger partial charge in [-0.3, -0.25) is 9.52 Å². The Morgan fingerprint density at radius 3 is 2.31 bits per heavy atom. The Morgan fingerprint density at radius 2 is 1.66 bits per heavy atom. The number of anilines is 2. The van der Waals surface area contributed by atoms with E-state index in [0.29, 0.717) is 6.07 Å². The van der Waals surface area contributed by atoms with E-state index in [0.717, 1.165) is 24.4 Å². The molecule has 0 atom stereocenters. The number of ketones is 1. The summed E-state index contributed by atoms with van der Waals surface area (Å²) < 4.78 is 67.0. The van der Waals surface area contributed by atoms with Crippen LogP contribution in [0.15, 0.2) is 53.6 Å². The molecule has 3 rings (SSSR count). The molecule has 0 fully saturated rings. The lowest BCUT2D eigenvalue weighted by Crippen LogP contribution is -2.18. The molecule has 3 N–H and O–H groups in total. The lowest BCUT2D eigenvalue weighted by Gasteiger charge is -2.14. The van der Waals surface area contributed by atoms with Gasteiger partial charge in [0.2, 0.25) is 5.78 Å². The number of pyridine rings is 1. The van der Waals surface area contributed by atoms with Crippen LogP contribution in [0.25, 0.3) is 0 Å². The minimum Gasteiger partial charge on any atom is -0.399 e. The van der Waals surface area contributed by atoms with Gasteiger partial charge in [0.15, 0.2) is 0 Å². The highest BCUT2D eigenvalue weighted by Crippen LogP contribution is 2.36. The average molecular weight is 525 g/mol. The van der Waals surface area contributed by atoms with Gasteiger partial charge in [0.05, 0.1) is 31.2 Å². The molecule has 0 bridgehead atoms. The number of halogens is 6. The summed E-state index contributed by atoms with van der Waals surface area (Å²) in [6, 6.07) is 7.24. The molecule has 0 aliphatic carbocycles. The average Bonchev–Trinajstić information content (AvgIpc) is 2.68. The van der Waals surface area contributed by atoms with E-state index in [1.54, 1.807) is 0 Å². The van der Waals surface area contributed by atoms with E-state index in [1.165, 1.54) is 18.2 Å². The van der Waals surface area contributed by atoms with Crippen LogP contribution < -0.4 is 10.5 Å². The predicted octanol–water partition coefficient (Wildman–Crippen LogP) is 5.67. The van der Waals surface area contributed by atoms with Gasteiger partial charge in [-0.05, 0) is 42.5 Å². The number of alkyl halides is 3. The topological polar surface area (TPSA) is 102 Å². The van der Waals surface area contributed by atoms with Gasteiger partial charge in [0, 0.05) is 17.4 Å². The summed E-state index contributed by atoms with van der Waals surface area (Å²) in [5, 5.41) is -0.680. The number of carbonyl (C=O) groups is 1. The summed E-state index contributed by atoms with van der Waals surface area (Å²) in [5.74, 6) is -0.788. The number of hydrogen-bond donors (Lipinski definition) is 2. The van der Waals surface area contributed by atoms with Gasteiger partial charge >= 0.3 is 6.18 Å². The quantitative estimate of drug-likeness (QED) is 0.330. The number of benzene rings is 2. The van der Waals surface area contributed by atoms with Crippen molar-refractivity contribution in [3.63, 3.8) is 0 Å². The third kappa shape index (κ3) is 5.09. The molecule has 0 aliphatic heterocycles. The maximum Gasteiger partial charge on any atom is 0.417 e. The number of hydrogen-bond acceptors (Lipinski definition) is 5. The molecule has 0 saturated carbocycles. The van der Waals surface area contributed by atoms with Gasteiger partial charge in [-0.25, -0.2) is 13.4 Å². The molecule has 6 nitrogen and oxygen atoms in total. The fourth-order valence-corrected chi connectivity index (χ4v) is 4.30. The monoisotopic (exact) mass is 523 g/mol. The number of carbonyl (C=O) groups excluding carboxylic acids is 1. The van der Waals surface area contributed by atoms with Crippen molar-refractivity contribution in [1.29, 1.82) is 0 Å². The molecule has 168 valence electrons. The summed E-state index contributed by atoms with van der Waals surface area (Å²) in [6.07, 6.45) is -3.79. The third-order valence-corrected chi connectivity index (χ3v) is 6.33. The highest BCUT2D eigenvalue weighted by Gasteiger charge is 2.35. The van der Waals surface area contributed by atoms with Gasteiger partial charge < -0.3 is 5.73 Å². The molecule has 1 aromatic heterocycles. The maximum absolute atomic E-state index is 13.1. The first-order chi connectivity index (χ1) is 14.8. The Balaban J connectivity index is 2.07. The Kier molecular flexibility index (Phi) is 6.62. The normalized spacial score (nSPS) is 11.9.